The van der Waals surface area contributed by atoms with Crippen molar-refractivity contribution in [2.75, 3.05) is 20.1 Å². The summed E-state index contributed by atoms with van der Waals surface area (Å²) in [6.07, 6.45) is 4.48. The van der Waals surface area contributed by atoms with Gasteiger partial charge < -0.3 is 15.2 Å². The third-order valence-corrected chi connectivity index (χ3v) is 5.43. The molecule has 4 rings (SSSR count). The first-order valence-corrected chi connectivity index (χ1v) is 9.32. The molecular formula is C22H25N3O. The van der Waals surface area contributed by atoms with E-state index in [2.05, 4.69) is 28.4 Å². The minimum absolute atomic E-state index is 0.0220. The Labute approximate surface area is 154 Å². The Morgan fingerprint density at radius 3 is 2.69 bits per heavy atom. The van der Waals surface area contributed by atoms with Gasteiger partial charge in [0.25, 0.3) is 5.91 Å². The molecule has 0 atom stereocenters. The number of hydrogen-bond donors (Lipinski definition) is 2. The molecule has 0 aliphatic carbocycles. The second kappa shape index (κ2) is 7.34. The molecule has 3 aromatic rings. The van der Waals surface area contributed by atoms with Crippen molar-refractivity contribution in [3.8, 4) is 0 Å². The summed E-state index contributed by atoms with van der Waals surface area (Å²) in [6, 6.07) is 16.0. The van der Waals surface area contributed by atoms with E-state index < -0.39 is 0 Å². The number of carbonyl (C=O) groups excluding carboxylic acids is 1. The molecule has 4 heteroatoms. The Morgan fingerprint density at radius 1 is 1.15 bits per heavy atom. The molecule has 134 valence electrons. The molecule has 2 aromatic carbocycles. The first kappa shape index (κ1) is 16.9. The Hall–Kier alpha value is -2.59. The van der Waals surface area contributed by atoms with E-state index in [1.807, 2.05) is 48.5 Å². The fraction of sp³-hybridized carbons (Fsp3) is 0.318. The van der Waals surface area contributed by atoms with Crippen LogP contribution in [0.1, 0.15) is 40.2 Å². The van der Waals surface area contributed by atoms with E-state index in [4.69, 9.17) is 0 Å². The lowest BCUT2D eigenvalue weighted by molar-refractivity contribution is 0.0951. The Bertz CT molecular complexity index is 892. The maximum absolute atomic E-state index is 12.6. The zero-order valence-corrected chi connectivity index (χ0v) is 15.2. The summed E-state index contributed by atoms with van der Waals surface area (Å²) in [4.78, 5) is 18.3. The number of nitrogens with zero attached hydrogens (tertiary/aromatic N) is 1. The molecule has 1 aliphatic rings. The van der Waals surface area contributed by atoms with Crippen molar-refractivity contribution in [3.63, 3.8) is 0 Å². The number of aromatic amines is 1. The molecule has 1 amide bonds. The van der Waals surface area contributed by atoms with Crippen molar-refractivity contribution < 1.29 is 4.79 Å². The number of rotatable bonds is 4. The maximum Gasteiger partial charge on any atom is 0.251 e. The number of aromatic nitrogens is 1. The smallest absolute Gasteiger partial charge is 0.251 e. The van der Waals surface area contributed by atoms with Crippen LogP contribution < -0.4 is 5.32 Å². The number of likely N-dealkylation sites (tertiary alicyclic amines) is 1. The predicted molar refractivity (Wildman–Crippen MR) is 105 cm³/mol. The average molecular weight is 347 g/mol. The standard InChI is InChI=1S/C22H25N3O/c1-25-11-9-17(10-12-25)20-15-23-21-8-7-18(13-19(20)21)22(26)24-14-16-5-3-2-4-6-16/h2-8,13,15,17,23H,9-12,14H2,1H3,(H,24,26). The van der Waals surface area contributed by atoms with Crippen molar-refractivity contribution in [1.82, 2.24) is 15.2 Å². The molecule has 0 spiro atoms. The number of H-pyrrole nitrogens is 1. The van der Waals surface area contributed by atoms with Gasteiger partial charge in [0.15, 0.2) is 0 Å². The zero-order chi connectivity index (χ0) is 17.9. The van der Waals surface area contributed by atoms with Crippen LogP contribution in [0.25, 0.3) is 10.9 Å². The number of hydrogen-bond acceptors (Lipinski definition) is 2. The van der Waals surface area contributed by atoms with Gasteiger partial charge in [-0.15, -0.1) is 0 Å². The molecule has 26 heavy (non-hydrogen) atoms. The number of piperidine rings is 1. The highest BCUT2D eigenvalue weighted by Gasteiger charge is 2.21. The van der Waals surface area contributed by atoms with E-state index in [1.54, 1.807) is 0 Å². The van der Waals surface area contributed by atoms with Crippen molar-refractivity contribution >= 4 is 16.8 Å². The second-order valence-electron chi connectivity index (χ2n) is 7.25. The topological polar surface area (TPSA) is 48.1 Å². The molecule has 0 bridgehead atoms. The number of nitrogens with one attached hydrogen (secondary N) is 2. The molecule has 1 fully saturated rings. The van der Waals surface area contributed by atoms with Gasteiger partial charge in [-0.1, -0.05) is 30.3 Å². The fourth-order valence-corrected chi connectivity index (χ4v) is 3.82. The minimum atomic E-state index is -0.0220. The predicted octanol–water partition coefficient (Wildman–Crippen LogP) is 3.91. The van der Waals surface area contributed by atoms with Crippen LogP contribution in [0.2, 0.25) is 0 Å². The third kappa shape index (κ3) is 3.51. The fourth-order valence-electron chi connectivity index (χ4n) is 3.82. The molecular weight excluding hydrogens is 322 g/mol. The van der Waals surface area contributed by atoms with Gasteiger partial charge >= 0.3 is 0 Å². The van der Waals surface area contributed by atoms with Gasteiger partial charge in [0.2, 0.25) is 0 Å². The summed E-state index contributed by atoms with van der Waals surface area (Å²) >= 11 is 0. The summed E-state index contributed by atoms with van der Waals surface area (Å²) in [7, 11) is 2.18. The number of fused-ring (bicyclic) bond motifs is 1. The second-order valence-corrected chi connectivity index (χ2v) is 7.25. The third-order valence-electron chi connectivity index (χ3n) is 5.43. The normalized spacial score (nSPS) is 16.0. The monoisotopic (exact) mass is 347 g/mol. The SMILES string of the molecule is CN1CCC(c2c[nH]c3ccc(C(=O)NCc4ccccc4)cc23)CC1. The molecule has 2 N–H and O–H groups in total. The minimum Gasteiger partial charge on any atom is -0.361 e. The van der Waals surface area contributed by atoms with E-state index in [0.717, 1.165) is 29.7 Å². The highest BCUT2D eigenvalue weighted by atomic mass is 16.1. The Balaban J connectivity index is 1.53. The first-order chi connectivity index (χ1) is 12.7. The van der Waals surface area contributed by atoms with E-state index in [9.17, 15) is 4.79 Å². The van der Waals surface area contributed by atoms with Gasteiger partial charge in [-0.05, 0) is 68.2 Å². The van der Waals surface area contributed by atoms with Crippen molar-refractivity contribution in [1.29, 1.82) is 0 Å². The van der Waals surface area contributed by atoms with Crippen LogP contribution in [-0.2, 0) is 6.54 Å². The van der Waals surface area contributed by atoms with Gasteiger partial charge in [0, 0.05) is 29.2 Å². The summed E-state index contributed by atoms with van der Waals surface area (Å²) in [5.41, 5.74) is 4.29. The molecule has 1 saturated heterocycles. The lowest BCUT2D eigenvalue weighted by atomic mass is 9.89. The number of carbonyl (C=O) groups is 1. The average Bonchev–Trinajstić information content (AvgIpc) is 3.11. The van der Waals surface area contributed by atoms with Gasteiger partial charge in [-0.25, -0.2) is 0 Å². The molecule has 1 aromatic heterocycles. The quantitative estimate of drug-likeness (QED) is 0.752. The number of amides is 1. The van der Waals surface area contributed by atoms with Crippen molar-refractivity contribution in [2.24, 2.45) is 0 Å². The zero-order valence-electron chi connectivity index (χ0n) is 15.2. The van der Waals surface area contributed by atoms with E-state index in [0.29, 0.717) is 12.5 Å². The summed E-state index contributed by atoms with van der Waals surface area (Å²) in [5, 5.41) is 4.21. The molecule has 1 aliphatic heterocycles. The van der Waals surface area contributed by atoms with Gasteiger partial charge in [-0.3, -0.25) is 4.79 Å². The van der Waals surface area contributed by atoms with Crippen LogP contribution >= 0.6 is 0 Å². The largest absolute Gasteiger partial charge is 0.361 e. The van der Waals surface area contributed by atoms with Gasteiger partial charge in [0.1, 0.15) is 0 Å². The van der Waals surface area contributed by atoms with Crippen LogP contribution in [0.4, 0.5) is 0 Å². The Kier molecular flexibility index (Phi) is 4.76. The lowest BCUT2D eigenvalue weighted by Crippen LogP contribution is -2.29. The summed E-state index contributed by atoms with van der Waals surface area (Å²) in [6.45, 7) is 2.82. The summed E-state index contributed by atoms with van der Waals surface area (Å²) in [5.74, 6) is 0.550. The van der Waals surface area contributed by atoms with Gasteiger partial charge in [0.05, 0.1) is 0 Å². The van der Waals surface area contributed by atoms with E-state index in [-0.39, 0.29) is 5.91 Å². The molecule has 0 saturated carbocycles. The van der Waals surface area contributed by atoms with Gasteiger partial charge in [-0.2, -0.15) is 0 Å². The maximum atomic E-state index is 12.6. The molecule has 0 unspecified atom stereocenters. The first-order valence-electron chi connectivity index (χ1n) is 9.32. The van der Waals surface area contributed by atoms with E-state index in [1.165, 1.54) is 23.8 Å². The molecule has 0 radical (unpaired) electrons. The van der Waals surface area contributed by atoms with Crippen LogP contribution in [-0.4, -0.2) is 35.9 Å². The molecule has 2 heterocycles. The van der Waals surface area contributed by atoms with Crippen molar-refractivity contribution in [3.05, 3.63) is 71.4 Å². The Morgan fingerprint density at radius 2 is 1.92 bits per heavy atom. The summed E-state index contributed by atoms with van der Waals surface area (Å²) < 4.78 is 0. The highest BCUT2D eigenvalue weighted by molar-refractivity contribution is 5.98. The molecule has 4 nitrogen and oxygen atoms in total. The highest BCUT2D eigenvalue weighted by Crippen LogP contribution is 2.33. The van der Waals surface area contributed by atoms with Crippen LogP contribution in [0.5, 0.6) is 0 Å². The van der Waals surface area contributed by atoms with Crippen LogP contribution in [0, 0.1) is 0 Å². The van der Waals surface area contributed by atoms with Crippen LogP contribution in [0.3, 0.4) is 0 Å². The number of benzene rings is 2. The van der Waals surface area contributed by atoms with Crippen LogP contribution in [0.15, 0.2) is 54.7 Å². The lowest BCUT2D eigenvalue weighted by Gasteiger charge is -2.28. The van der Waals surface area contributed by atoms with Crippen molar-refractivity contribution in [2.45, 2.75) is 25.3 Å². The van der Waals surface area contributed by atoms with E-state index >= 15 is 0 Å².